The summed E-state index contributed by atoms with van der Waals surface area (Å²) in [6.07, 6.45) is 5.81. The number of methoxy groups -OCH3 is 1. The Morgan fingerprint density at radius 2 is 1.80 bits per heavy atom. The molecule has 2 fully saturated rings. The third-order valence-electron chi connectivity index (χ3n) is 8.10. The number of ether oxygens (including phenoxy) is 1. The number of furan rings is 1. The molecule has 2 aliphatic heterocycles. The molecular formula is C30H36BrN7O2. The van der Waals surface area contributed by atoms with Crippen LogP contribution in [-0.2, 0) is 0 Å². The number of aromatic nitrogens is 2. The van der Waals surface area contributed by atoms with E-state index in [0.29, 0.717) is 17.8 Å². The monoisotopic (exact) mass is 605 g/mol. The van der Waals surface area contributed by atoms with E-state index >= 15 is 0 Å². The van der Waals surface area contributed by atoms with Crippen LogP contribution in [0.15, 0.2) is 57.7 Å². The molecule has 2 aromatic carbocycles. The fraction of sp³-hybridized carbons (Fsp3) is 0.400. The molecule has 10 heteroatoms. The Balaban J connectivity index is 1.17. The second kappa shape index (κ2) is 11.6. The van der Waals surface area contributed by atoms with E-state index < -0.39 is 0 Å². The molecule has 0 spiro atoms. The Morgan fingerprint density at radius 1 is 1.00 bits per heavy atom. The highest BCUT2D eigenvalue weighted by Crippen LogP contribution is 2.37. The lowest BCUT2D eigenvalue weighted by Crippen LogP contribution is -2.52. The van der Waals surface area contributed by atoms with E-state index in [2.05, 4.69) is 72.4 Å². The summed E-state index contributed by atoms with van der Waals surface area (Å²) in [7, 11) is 3.93. The van der Waals surface area contributed by atoms with Crippen molar-refractivity contribution in [3.63, 3.8) is 0 Å². The van der Waals surface area contributed by atoms with Crippen LogP contribution in [0.25, 0.3) is 11.0 Å². The molecule has 0 amide bonds. The number of fused-ring (bicyclic) bond motifs is 1. The third kappa shape index (κ3) is 5.61. The van der Waals surface area contributed by atoms with Crippen LogP contribution in [0.4, 0.5) is 28.8 Å². The SMILES string of the molecule is COc1cc(N2CCC(N3CCN(C)CC3)CC2)c(C)cc1Nc1ncc(Br)c(Nc2cccc3ccoc23)n1. The number of aryl methyl sites for hydroxylation is 1. The average Bonchev–Trinajstić information content (AvgIpc) is 3.46. The molecule has 2 aromatic heterocycles. The zero-order valence-corrected chi connectivity index (χ0v) is 24.9. The topological polar surface area (TPSA) is 81.9 Å². The number of rotatable bonds is 7. The molecule has 2 saturated heterocycles. The lowest BCUT2D eigenvalue weighted by atomic mass is 10.0. The van der Waals surface area contributed by atoms with Gasteiger partial charge in [0.15, 0.2) is 5.58 Å². The first kappa shape index (κ1) is 26.9. The van der Waals surface area contributed by atoms with E-state index in [1.807, 2.05) is 24.3 Å². The Bertz CT molecular complexity index is 1480. The van der Waals surface area contributed by atoms with Crippen molar-refractivity contribution in [3.05, 3.63) is 58.9 Å². The molecule has 0 unspecified atom stereocenters. The van der Waals surface area contributed by atoms with Crippen molar-refractivity contribution >= 4 is 55.7 Å². The van der Waals surface area contributed by atoms with E-state index in [4.69, 9.17) is 14.1 Å². The minimum absolute atomic E-state index is 0.468. The number of nitrogens with zero attached hydrogens (tertiary/aromatic N) is 5. The van der Waals surface area contributed by atoms with Crippen LogP contribution in [0, 0.1) is 6.92 Å². The number of benzene rings is 2. The Hall–Kier alpha value is -3.34. The van der Waals surface area contributed by atoms with Crippen molar-refractivity contribution < 1.29 is 9.15 Å². The van der Waals surface area contributed by atoms with Crippen LogP contribution in [0.2, 0.25) is 0 Å². The Labute approximate surface area is 243 Å². The highest BCUT2D eigenvalue weighted by molar-refractivity contribution is 9.10. The molecule has 4 aromatic rings. The van der Waals surface area contributed by atoms with Gasteiger partial charge in [-0.1, -0.05) is 12.1 Å². The summed E-state index contributed by atoms with van der Waals surface area (Å²) < 4.78 is 12.2. The van der Waals surface area contributed by atoms with Gasteiger partial charge in [0.1, 0.15) is 11.6 Å². The summed E-state index contributed by atoms with van der Waals surface area (Å²) in [5.41, 5.74) is 4.87. The van der Waals surface area contributed by atoms with Crippen molar-refractivity contribution in [1.82, 2.24) is 19.8 Å². The zero-order valence-electron chi connectivity index (χ0n) is 23.3. The van der Waals surface area contributed by atoms with Crippen LogP contribution in [0.3, 0.4) is 0 Å². The summed E-state index contributed by atoms with van der Waals surface area (Å²) in [6, 6.07) is 12.9. The summed E-state index contributed by atoms with van der Waals surface area (Å²) in [5, 5.41) is 7.77. The van der Waals surface area contributed by atoms with Gasteiger partial charge in [-0.25, -0.2) is 4.98 Å². The van der Waals surface area contributed by atoms with Gasteiger partial charge >= 0.3 is 0 Å². The average molecular weight is 607 g/mol. The first-order chi connectivity index (χ1) is 19.5. The van der Waals surface area contributed by atoms with E-state index in [9.17, 15) is 0 Å². The molecule has 9 nitrogen and oxygen atoms in total. The van der Waals surface area contributed by atoms with E-state index in [1.54, 1.807) is 19.6 Å². The number of anilines is 5. The molecule has 0 atom stereocenters. The van der Waals surface area contributed by atoms with Crippen molar-refractivity contribution in [1.29, 1.82) is 0 Å². The maximum Gasteiger partial charge on any atom is 0.229 e. The second-order valence-corrected chi connectivity index (χ2v) is 11.5. The molecule has 2 N–H and O–H groups in total. The van der Waals surface area contributed by atoms with Crippen LogP contribution in [-0.4, -0.2) is 79.2 Å². The number of hydrogen-bond donors (Lipinski definition) is 2. The minimum atomic E-state index is 0.468. The number of nitrogens with one attached hydrogen (secondary N) is 2. The predicted molar refractivity (Wildman–Crippen MR) is 165 cm³/mol. The number of para-hydroxylation sites is 1. The number of likely N-dealkylation sites (N-methyl/N-ethyl adjacent to an activating group) is 1. The van der Waals surface area contributed by atoms with Crippen molar-refractivity contribution in [2.45, 2.75) is 25.8 Å². The first-order valence-corrected chi connectivity index (χ1v) is 14.7. The third-order valence-corrected chi connectivity index (χ3v) is 8.68. The predicted octanol–water partition coefficient (Wildman–Crippen LogP) is 6.01. The number of halogens is 1. The van der Waals surface area contributed by atoms with Gasteiger partial charge in [-0.05, 0) is 66.5 Å². The van der Waals surface area contributed by atoms with E-state index in [1.165, 1.54) is 50.3 Å². The van der Waals surface area contributed by atoms with Gasteiger partial charge in [-0.3, -0.25) is 4.90 Å². The Morgan fingerprint density at radius 3 is 2.58 bits per heavy atom. The lowest BCUT2D eigenvalue weighted by molar-refractivity contribution is 0.0982. The van der Waals surface area contributed by atoms with Crippen molar-refractivity contribution in [3.8, 4) is 5.75 Å². The standard InChI is InChI=1S/C30H36BrN7O2/c1-20-17-25(27(39-3)18-26(20)38-10-7-22(8-11-38)37-14-12-36(2)13-15-37)34-30-32-19-23(31)29(35-30)33-24-6-4-5-21-9-16-40-28(21)24/h4-6,9,16-19,22H,7-8,10-15H2,1-3H3,(H2,32,33,34,35). The fourth-order valence-electron chi connectivity index (χ4n) is 5.80. The molecule has 0 bridgehead atoms. The quantitative estimate of drug-likeness (QED) is 0.263. The van der Waals surface area contributed by atoms with Gasteiger partial charge in [-0.2, -0.15) is 4.98 Å². The van der Waals surface area contributed by atoms with Gasteiger partial charge in [0, 0.05) is 68.6 Å². The second-order valence-electron chi connectivity index (χ2n) is 10.7. The fourth-order valence-corrected chi connectivity index (χ4v) is 6.09. The molecule has 0 radical (unpaired) electrons. The minimum Gasteiger partial charge on any atom is -0.494 e. The van der Waals surface area contributed by atoms with Gasteiger partial charge < -0.3 is 29.6 Å². The van der Waals surface area contributed by atoms with Crippen molar-refractivity contribution in [2.75, 3.05) is 69.0 Å². The van der Waals surface area contributed by atoms with Crippen LogP contribution < -0.4 is 20.3 Å². The Kier molecular flexibility index (Phi) is 7.82. The molecule has 6 rings (SSSR count). The first-order valence-electron chi connectivity index (χ1n) is 13.9. The van der Waals surface area contributed by atoms with Gasteiger partial charge in [0.25, 0.3) is 0 Å². The van der Waals surface area contributed by atoms with Crippen LogP contribution in [0.1, 0.15) is 18.4 Å². The molecule has 4 heterocycles. The maximum absolute atomic E-state index is 5.82. The van der Waals surface area contributed by atoms with E-state index in [0.717, 1.165) is 45.7 Å². The summed E-state index contributed by atoms with van der Waals surface area (Å²) in [6.45, 7) is 8.98. The van der Waals surface area contributed by atoms with Gasteiger partial charge in [-0.15, -0.1) is 0 Å². The molecule has 2 aliphatic rings. The van der Waals surface area contributed by atoms with Crippen LogP contribution in [0.5, 0.6) is 5.75 Å². The van der Waals surface area contributed by atoms with Gasteiger partial charge in [0.2, 0.25) is 5.95 Å². The number of hydrogen-bond acceptors (Lipinski definition) is 9. The van der Waals surface area contributed by atoms with E-state index in [-0.39, 0.29) is 0 Å². The molecule has 0 saturated carbocycles. The highest BCUT2D eigenvalue weighted by atomic mass is 79.9. The normalized spacial score (nSPS) is 17.4. The lowest BCUT2D eigenvalue weighted by Gasteiger charge is -2.43. The van der Waals surface area contributed by atoms with Crippen molar-refractivity contribution in [2.24, 2.45) is 0 Å². The molecule has 0 aliphatic carbocycles. The summed E-state index contributed by atoms with van der Waals surface area (Å²) >= 11 is 3.57. The summed E-state index contributed by atoms with van der Waals surface area (Å²) in [4.78, 5) is 16.8. The van der Waals surface area contributed by atoms with Crippen LogP contribution >= 0.6 is 15.9 Å². The molecular weight excluding hydrogens is 570 g/mol. The smallest absolute Gasteiger partial charge is 0.229 e. The number of piperidine rings is 1. The summed E-state index contributed by atoms with van der Waals surface area (Å²) in [5.74, 6) is 1.87. The maximum atomic E-state index is 5.82. The molecule has 40 heavy (non-hydrogen) atoms. The highest BCUT2D eigenvalue weighted by Gasteiger charge is 2.27. The van der Waals surface area contributed by atoms with Gasteiger partial charge in [0.05, 0.1) is 29.2 Å². The molecule has 210 valence electrons. The number of piperazine rings is 1. The largest absolute Gasteiger partial charge is 0.494 e. The zero-order chi connectivity index (χ0) is 27.6.